The van der Waals surface area contributed by atoms with Crippen LogP contribution in [0.4, 0.5) is 22.7 Å². The molecule has 0 fully saturated rings. The third-order valence-corrected chi connectivity index (χ3v) is 5.28. The minimum Gasteiger partial charge on any atom is -0.375 e. The zero-order valence-electron chi connectivity index (χ0n) is 14.0. The van der Waals surface area contributed by atoms with Gasteiger partial charge in [0.15, 0.2) is 5.13 Å². The van der Waals surface area contributed by atoms with Crippen LogP contribution in [0.1, 0.15) is 10.4 Å². The molecule has 0 spiro atoms. The summed E-state index contributed by atoms with van der Waals surface area (Å²) < 4.78 is 56.1. The maximum atomic E-state index is 13.8. The van der Waals surface area contributed by atoms with Gasteiger partial charge in [0.1, 0.15) is 5.82 Å². The monoisotopic (exact) mass is 408 g/mol. The van der Waals surface area contributed by atoms with Crippen LogP contribution in [0, 0.1) is 5.82 Å². The Hall–Kier alpha value is -2.98. The molecule has 0 aliphatic heterocycles. The summed E-state index contributed by atoms with van der Waals surface area (Å²) in [5.74, 6) is -0.415. The lowest BCUT2D eigenvalue weighted by Gasteiger charge is -2.29. The Morgan fingerprint density at radius 1 is 1.04 bits per heavy atom. The van der Waals surface area contributed by atoms with Gasteiger partial charge in [-0.3, -0.25) is 0 Å². The number of nitrogens with zero attached hydrogens (tertiary/aromatic N) is 3. The Bertz CT molecular complexity index is 1150. The van der Waals surface area contributed by atoms with E-state index in [2.05, 4.69) is 10.1 Å². The van der Waals surface area contributed by atoms with Gasteiger partial charge in [-0.15, -0.1) is 0 Å². The largest absolute Gasteiger partial charge is 0.426 e. The fourth-order valence-corrected chi connectivity index (χ4v) is 3.76. The smallest absolute Gasteiger partial charge is 0.375 e. The summed E-state index contributed by atoms with van der Waals surface area (Å²) in [5, 5.41) is 15.1. The summed E-state index contributed by atoms with van der Waals surface area (Å²) in [5.41, 5.74) is 2.87. The highest BCUT2D eigenvalue weighted by atomic mass is 32.1. The number of anilines is 1. The SMILES string of the molecule is Nc1ncc(C(O)(c2ccc3c(cnn3-c3ccc(F)cc3)c2)C(F)(F)F)s1. The van der Waals surface area contributed by atoms with Crippen LogP contribution in [-0.2, 0) is 5.60 Å². The summed E-state index contributed by atoms with van der Waals surface area (Å²) in [6.45, 7) is 0. The molecule has 1 unspecified atom stereocenters. The predicted octanol–water partition coefficient (Wildman–Crippen LogP) is 4.00. The van der Waals surface area contributed by atoms with Gasteiger partial charge in [-0.1, -0.05) is 17.4 Å². The molecule has 0 radical (unpaired) electrons. The summed E-state index contributed by atoms with van der Waals surface area (Å²) in [6, 6.07) is 9.33. The first-order valence-corrected chi connectivity index (χ1v) is 8.77. The number of benzene rings is 2. The lowest BCUT2D eigenvalue weighted by molar-refractivity contribution is -0.247. The van der Waals surface area contributed by atoms with Crippen molar-refractivity contribution in [1.82, 2.24) is 14.8 Å². The highest BCUT2D eigenvalue weighted by Crippen LogP contribution is 2.47. The van der Waals surface area contributed by atoms with Crippen molar-refractivity contribution in [2.45, 2.75) is 11.8 Å². The van der Waals surface area contributed by atoms with E-state index in [4.69, 9.17) is 5.73 Å². The number of alkyl halides is 3. The van der Waals surface area contributed by atoms with Crippen LogP contribution >= 0.6 is 11.3 Å². The average Bonchev–Trinajstić information content (AvgIpc) is 3.26. The van der Waals surface area contributed by atoms with Crippen molar-refractivity contribution in [2.75, 3.05) is 5.73 Å². The lowest BCUT2D eigenvalue weighted by atomic mass is 9.91. The molecule has 5 nitrogen and oxygen atoms in total. The number of aliphatic hydroxyl groups is 1. The number of nitrogen functional groups attached to an aromatic ring is 1. The molecule has 0 saturated heterocycles. The quantitative estimate of drug-likeness (QED) is 0.503. The summed E-state index contributed by atoms with van der Waals surface area (Å²) >= 11 is 0.566. The third kappa shape index (κ3) is 2.81. The molecule has 4 aromatic rings. The maximum Gasteiger partial charge on any atom is 0.426 e. The van der Waals surface area contributed by atoms with Crippen LogP contribution < -0.4 is 5.73 Å². The number of halogens is 4. The number of thiazole rings is 1. The van der Waals surface area contributed by atoms with E-state index < -0.39 is 22.5 Å². The molecular weight excluding hydrogens is 396 g/mol. The van der Waals surface area contributed by atoms with Gasteiger partial charge in [-0.05, 0) is 42.0 Å². The van der Waals surface area contributed by atoms with Crippen molar-refractivity contribution in [1.29, 1.82) is 0 Å². The lowest BCUT2D eigenvalue weighted by Crippen LogP contribution is -2.42. The first-order chi connectivity index (χ1) is 13.2. The molecule has 0 aliphatic carbocycles. The van der Waals surface area contributed by atoms with Gasteiger partial charge >= 0.3 is 6.18 Å². The highest BCUT2D eigenvalue weighted by molar-refractivity contribution is 7.15. The molecule has 1 atom stereocenters. The van der Waals surface area contributed by atoms with Crippen molar-refractivity contribution < 1.29 is 22.7 Å². The van der Waals surface area contributed by atoms with Crippen LogP contribution in [0.25, 0.3) is 16.6 Å². The molecule has 2 heterocycles. The maximum absolute atomic E-state index is 13.8. The summed E-state index contributed by atoms with van der Waals surface area (Å²) in [4.78, 5) is 3.20. The molecule has 3 N–H and O–H groups in total. The number of nitrogens with two attached hydrogens (primary N) is 1. The predicted molar refractivity (Wildman–Crippen MR) is 96.6 cm³/mol. The van der Waals surface area contributed by atoms with Crippen LogP contribution in [-0.4, -0.2) is 26.0 Å². The van der Waals surface area contributed by atoms with Crippen molar-refractivity contribution in [3.05, 3.63) is 71.1 Å². The number of hydrogen-bond acceptors (Lipinski definition) is 5. The molecular formula is C18H12F4N4OS. The number of hydrogen-bond donors (Lipinski definition) is 2. The van der Waals surface area contributed by atoms with E-state index in [0.29, 0.717) is 27.9 Å². The first-order valence-electron chi connectivity index (χ1n) is 7.95. The van der Waals surface area contributed by atoms with Gasteiger partial charge in [0.25, 0.3) is 0 Å². The molecule has 10 heteroatoms. The van der Waals surface area contributed by atoms with Gasteiger partial charge in [0.05, 0.1) is 22.3 Å². The Kier molecular flexibility index (Phi) is 4.12. The summed E-state index contributed by atoms with van der Waals surface area (Å²) in [7, 11) is 0. The fourth-order valence-electron chi connectivity index (χ4n) is 2.95. The van der Waals surface area contributed by atoms with Gasteiger partial charge < -0.3 is 10.8 Å². The molecule has 0 amide bonds. The Morgan fingerprint density at radius 2 is 1.75 bits per heavy atom. The molecule has 0 bridgehead atoms. The second-order valence-electron chi connectivity index (χ2n) is 6.08. The van der Waals surface area contributed by atoms with E-state index >= 15 is 0 Å². The molecule has 28 heavy (non-hydrogen) atoms. The zero-order chi connectivity index (χ0) is 20.1. The average molecular weight is 408 g/mol. The Labute approximate surface area is 159 Å². The van der Waals surface area contributed by atoms with Crippen LogP contribution in [0.3, 0.4) is 0 Å². The van der Waals surface area contributed by atoms with Crippen molar-refractivity contribution in [3.63, 3.8) is 0 Å². The molecule has 4 rings (SSSR count). The number of aromatic nitrogens is 3. The Morgan fingerprint density at radius 3 is 2.36 bits per heavy atom. The van der Waals surface area contributed by atoms with E-state index in [-0.39, 0.29) is 10.7 Å². The minimum absolute atomic E-state index is 0.0807. The van der Waals surface area contributed by atoms with Gasteiger partial charge in [0.2, 0.25) is 5.60 Å². The second-order valence-corrected chi connectivity index (χ2v) is 7.14. The fraction of sp³-hybridized carbons (Fsp3) is 0.111. The first kappa shape index (κ1) is 18.4. The second kappa shape index (κ2) is 6.28. The summed E-state index contributed by atoms with van der Waals surface area (Å²) in [6.07, 6.45) is -2.70. The van der Waals surface area contributed by atoms with Crippen molar-refractivity contribution in [2.24, 2.45) is 0 Å². The van der Waals surface area contributed by atoms with E-state index in [1.165, 1.54) is 53.3 Å². The molecule has 2 aromatic carbocycles. The van der Waals surface area contributed by atoms with E-state index in [0.717, 1.165) is 6.20 Å². The molecule has 2 aromatic heterocycles. The van der Waals surface area contributed by atoms with Crippen LogP contribution in [0.2, 0.25) is 0 Å². The van der Waals surface area contributed by atoms with Crippen LogP contribution in [0.5, 0.6) is 0 Å². The van der Waals surface area contributed by atoms with E-state index in [1.54, 1.807) is 0 Å². The number of fused-ring (bicyclic) bond motifs is 1. The Balaban J connectivity index is 1.86. The third-order valence-electron chi connectivity index (χ3n) is 4.35. The topological polar surface area (TPSA) is 77.0 Å². The number of rotatable bonds is 3. The molecule has 0 aliphatic rings. The van der Waals surface area contributed by atoms with E-state index in [1.807, 2.05) is 0 Å². The normalized spacial score (nSPS) is 14.3. The zero-order valence-corrected chi connectivity index (χ0v) is 14.8. The molecule has 0 saturated carbocycles. The molecule has 144 valence electrons. The van der Waals surface area contributed by atoms with Gasteiger partial charge in [0, 0.05) is 11.6 Å². The minimum atomic E-state index is -4.99. The van der Waals surface area contributed by atoms with Gasteiger partial charge in [-0.25, -0.2) is 14.1 Å². The van der Waals surface area contributed by atoms with Crippen molar-refractivity contribution in [3.8, 4) is 5.69 Å². The van der Waals surface area contributed by atoms with Crippen LogP contribution in [0.15, 0.2) is 54.9 Å². The highest BCUT2D eigenvalue weighted by Gasteiger charge is 2.57. The van der Waals surface area contributed by atoms with Crippen molar-refractivity contribution >= 4 is 27.4 Å². The van der Waals surface area contributed by atoms with E-state index in [9.17, 15) is 22.7 Å². The van der Waals surface area contributed by atoms with Gasteiger partial charge in [-0.2, -0.15) is 18.3 Å². The standard InChI is InChI=1S/C18H12F4N4OS/c19-12-2-4-13(5-3-12)26-14-6-1-11(7-10(14)8-25-26)17(27,18(20,21)22)15-9-24-16(23)28-15/h1-9,27H,(H2,23,24).